The molecule has 0 saturated carbocycles. The topological polar surface area (TPSA) is 0 Å². The standard InChI is InChI=1S/C13H18ClFS/c1-2-16-9-3-4-12(10-14)11-5-7-13(15)8-6-11/h5-8,12H,2-4,9-10H2,1H3. The molecule has 0 heterocycles. The molecule has 16 heavy (non-hydrogen) atoms. The first-order valence-electron chi connectivity index (χ1n) is 5.67. The normalized spacial score (nSPS) is 12.7. The minimum Gasteiger partial charge on any atom is -0.207 e. The average Bonchev–Trinajstić information content (AvgIpc) is 2.31. The quantitative estimate of drug-likeness (QED) is 0.507. The van der Waals surface area contributed by atoms with Gasteiger partial charge < -0.3 is 0 Å². The number of hydrogen-bond acceptors (Lipinski definition) is 1. The van der Waals surface area contributed by atoms with Crippen molar-refractivity contribution in [3.8, 4) is 0 Å². The molecule has 1 rings (SSSR count). The van der Waals surface area contributed by atoms with E-state index in [1.165, 1.54) is 30.1 Å². The van der Waals surface area contributed by atoms with E-state index in [0.29, 0.717) is 11.8 Å². The Bertz CT molecular complexity index is 286. The summed E-state index contributed by atoms with van der Waals surface area (Å²) in [5.41, 5.74) is 1.15. The first-order valence-corrected chi connectivity index (χ1v) is 7.36. The van der Waals surface area contributed by atoms with E-state index >= 15 is 0 Å². The van der Waals surface area contributed by atoms with E-state index in [9.17, 15) is 4.39 Å². The molecule has 0 aliphatic heterocycles. The molecule has 1 aromatic carbocycles. The third kappa shape index (κ3) is 4.75. The third-order valence-electron chi connectivity index (χ3n) is 2.57. The highest BCUT2D eigenvalue weighted by atomic mass is 35.5. The molecule has 0 N–H and O–H groups in total. The summed E-state index contributed by atoms with van der Waals surface area (Å²) in [6, 6.07) is 6.70. The van der Waals surface area contributed by atoms with Gasteiger partial charge in [0.2, 0.25) is 0 Å². The van der Waals surface area contributed by atoms with Crippen molar-refractivity contribution >= 4 is 23.4 Å². The van der Waals surface area contributed by atoms with Crippen molar-refractivity contribution < 1.29 is 4.39 Å². The zero-order valence-corrected chi connectivity index (χ0v) is 11.2. The SMILES string of the molecule is CCSCCCC(CCl)c1ccc(F)cc1. The molecule has 0 spiro atoms. The summed E-state index contributed by atoms with van der Waals surface area (Å²) in [5.74, 6) is 3.15. The molecule has 0 bridgehead atoms. The molecule has 1 atom stereocenters. The van der Waals surface area contributed by atoms with E-state index in [-0.39, 0.29) is 5.82 Å². The smallest absolute Gasteiger partial charge is 0.123 e. The molecule has 0 saturated heterocycles. The molecule has 0 aliphatic carbocycles. The molecule has 90 valence electrons. The number of thioether (sulfide) groups is 1. The van der Waals surface area contributed by atoms with Gasteiger partial charge in [0.05, 0.1) is 0 Å². The monoisotopic (exact) mass is 260 g/mol. The van der Waals surface area contributed by atoms with Crippen molar-refractivity contribution in [1.29, 1.82) is 0 Å². The average molecular weight is 261 g/mol. The Morgan fingerprint density at radius 2 is 2.00 bits per heavy atom. The van der Waals surface area contributed by atoms with Gasteiger partial charge in [-0.1, -0.05) is 19.1 Å². The number of rotatable bonds is 7. The molecule has 0 amide bonds. The highest BCUT2D eigenvalue weighted by Crippen LogP contribution is 2.23. The van der Waals surface area contributed by atoms with Crippen molar-refractivity contribution in [1.82, 2.24) is 0 Å². The number of hydrogen-bond donors (Lipinski definition) is 0. The fourth-order valence-electron chi connectivity index (χ4n) is 1.64. The van der Waals surface area contributed by atoms with Crippen molar-refractivity contribution in [3.05, 3.63) is 35.6 Å². The molecule has 0 radical (unpaired) electrons. The Hall–Kier alpha value is -0.210. The second kappa shape index (κ2) is 7.97. The lowest BCUT2D eigenvalue weighted by molar-refractivity contribution is 0.622. The van der Waals surface area contributed by atoms with Gasteiger partial charge in [0.25, 0.3) is 0 Å². The largest absolute Gasteiger partial charge is 0.207 e. The summed E-state index contributed by atoms with van der Waals surface area (Å²) in [4.78, 5) is 0. The third-order valence-corrected chi connectivity index (χ3v) is 3.93. The summed E-state index contributed by atoms with van der Waals surface area (Å²) in [5, 5.41) is 0. The van der Waals surface area contributed by atoms with Crippen LogP contribution >= 0.6 is 23.4 Å². The zero-order chi connectivity index (χ0) is 11.8. The second-order valence-electron chi connectivity index (χ2n) is 3.74. The first-order chi connectivity index (χ1) is 7.77. The predicted molar refractivity (Wildman–Crippen MR) is 72.1 cm³/mol. The van der Waals surface area contributed by atoms with Crippen LogP contribution in [0.25, 0.3) is 0 Å². The highest BCUT2D eigenvalue weighted by molar-refractivity contribution is 7.99. The van der Waals surface area contributed by atoms with Crippen LogP contribution in [-0.4, -0.2) is 17.4 Å². The van der Waals surface area contributed by atoms with Gasteiger partial charge in [-0.25, -0.2) is 4.39 Å². The Morgan fingerprint density at radius 3 is 2.56 bits per heavy atom. The van der Waals surface area contributed by atoms with Gasteiger partial charge in [0.1, 0.15) is 5.82 Å². The van der Waals surface area contributed by atoms with Gasteiger partial charge >= 0.3 is 0 Å². The van der Waals surface area contributed by atoms with Crippen LogP contribution in [0.15, 0.2) is 24.3 Å². The van der Waals surface area contributed by atoms with Crippen LogP contribution in [0.5, 0.6) is 0 Å². The Labute approximate surface area is 107 Å². The lowest BCUT2D eigenvalue weighted by Gasteiger charge is -2.13. The van der Waals surface area contributed by atoms with Crippen LogP contribution in [0.2, 0.25) is 0 Å². The maximum Gasteiger partial charge on any atom is 0.123 e. The van der Waals surface area contributed by atoms with Gasteiger partial charge in [0, 0.05) is 5.88 Å². The molecule has 3 heteroatoms. The minimum atomic E-state index is -0.182. The molecule has 1 unspecified atom stereocenters. The molecular formula is C13H18ClFS. The van der Waals surface area contributed by atoms with Crippen molar-refractivity contribution in [2.75, 3.05) is 17.4 Å². The summed E-state index contributed by atoms with van der Waals surface area (Å²) in [7, 11) is 0. The number of benzene rings is 1. The van der Waals surface area contributed by atoms with E-state index < -0.39 is 0 Å². The molecule has 0 nitrogen and oxygen atoms in total. The van der Waals surface area contributed by atoms with E-state index in [0.717, 1.165) is 12.0 Å². The van der Waals surface area contributed by atoms with Crippen LogP contribution in [0.4, 0.5) is 4.39 Å². The Morgan fingerprint density at radius 1 is 1.31 bits per heavy atom. The molecule has 0 aromatic heterocycles. The summed E-state index contributed by atoms with van der Waals surface area (Å²) < 4.78 is 12.8. The van der Waals surface area contributed by atoms with E-state index in [1.54, 1.807) is 0 Å². The summed E-state index contributed by atoms with van der Waals surface area (Å²) >= 11 is 7.91. The zero-order valence-electron chi connectivity index (χ0n) is 9.59. The Balaban J connectivity index is 2.44. The lowest BCUT2D eigenvalue weighted by atomic mass is 9.96. The number of halogens is 2. The van der Waals surface area contributed by atoms with Crippen molar-refractivity contribution in [2.45, 2.75) is 25.7 Å². The van der Waals surface area contributed by atoms with Crippen LogP contribution in [0, 0.1) is 5.82 Å². The predicted octanol–water partition coefficient (Wildman–Crippen LogP) is 4.68. The molecule has 1 aromatic rings. The van der Waals surface area contributed by atoms with Crippen LogP contribution in [0.3, 0.4) is 0 Å². The van der Waals surface area contributed by atoms with Gasteiger partial charge in [-0.3, -0.25) is 0 Å². The van der Waals surface area contributed by atoms with Crippen LogP contribution < -0.4 is 0 Å². The first kappa shape index (κ1) is 13.9. The molecule has 0 fully saturated rings. The van der Waals surface area contributed by atoms with E-state index in [2.05, 4.69) is 6.92 Å². The Kier molecular flexibility index (Phi) is 6.90. The fraction of sp³-hybridized carbons (Fsp3) is 0.538. The number of alkyl halides is 1. The minimum absolute atomic E-state index is 0.182. The summed E-state index contributed by atoms with van der Waals surface area (Å²) in [6.07, 6.45) is 2.26. The van der Waals surface area contributed by atoms with E-state index in [4.69, 9.17) is 11.6 Å². The second-order valence-corrected chi connectivity index (χ2v) is 5.44. The van der Waals surface area contributed by atoms with Crippen molar-refractivity contribution in [3.63, 3.8) is 0 Å². The van der Waals surface area contributed by atoms with Crippen LogP contribution in [-0.2, 0) is 0 Å². The maximum absolute atomic E-state index is 12.8. The van der Waals surface area contributed by atoms with Gasteiger partial charge in [-0.2, -0.15) is 11.8 Å². The molecule has 0 aliphatic rings. The fourth-order valence-corrected chi connectivity index (χ4v) is 2.64. The van der Waals surface area contributed by atoms with Gasteiger partial charge in [-0.05, 0) is 48.0 Å². The highest BCUT2D eigenvalue weighted by Gasteiger charge is 2.09. The lowest BCUT2D eigenvalue weighted by Crippen LogP contribution is -2.01. The summed E-state index contributed by atoms with van der Waals surface area (Å²) in [6.45, 7) is 2.17. The van der Waals surface area contributed by atoms with Gasteiger partial charge in [-0.15, -0.1) is 11.6 Å². The maximum atomic E-state index is 12.8. The van der Waals surface area contributed by atoms with Crippen molar-refractivity contribution in [2.24, 2.45) is 0 Å². The van der Waals surface area contributed by atoms with Gasteiger partial charge in [0.15, 0.2) is 0 Å². The molecular weight excluding hydrogens is 243 g/mol. The van der Waals surface area contributed by atoms with E-state index in [1.807, 2.05) is 23.9 Å². The van der Waals surface area contributed by atoms with Crippen LogP contribution in [0.1, 0.15) is 31.2 Å².